The summed E-state index contributed by atoms with van der Waals surface area (Å²) in [5, 5.41) is 6.00. The fraction of sp³-hybridized carbons (Fsp3) is 0.167. The van der Waals surface area contributed by atoms with Crippen LogP contribution in [0.1, 0.15) is 29.3 Å². The van der Waals surface area contributed by atoms with Crippen LogP contribution in [-0.2, 0) is 4.79 Å². The zero-order chi connectivity index (χ0) is 22.4. The average Bonchev–Trinajstić information content (AvgIpc) is 2.75. The number of nitrogens with one attached hydrogen (secondary N) is 2. The molecule has 0 heterocycles. The van der Waals surface area contributed by atoms with Gasteiger partial charge in [0.1, 0.15) is 5.82 Å². The molecule has 3 rings (SSSR count). The Balaban J connectivity index is 1.68. The lowest BCUT2D eigenvalue weighted by Gasteiger charge is -2.16. The quantitative estimate of drug-likeness (QED) is 0.396. The summed E-state index contributed by atoms with van der Waals surface area (Å²) >= 11 is 7.46. The summed E-state index contributed by atoms with van der Waals surface area (Å²) in [6.07, 6.45) is 0.627. The van der Waals surface area contributed by atoms with E-state index in [2.05, 4.69) is 10.6 Å². The monoisotopic (exact) mass is 456 g/mol. The number of anilines is 2. The average molecular weight is 457 g/mol. The molecule has 0 fully saturated rings. The fourth-order valence-corrected chi connectivity index (χ4v) is 4.07. The molecule has 0 saturated heterocycles. The Bertz CT molecular complexity index is 1090. The number of thioether (sulfide) groups is 1. The van der Waals surface area contributed by atoms with E-state index in [-0.39, 0.29) is 17.1 Å². The van der Waals surface area contributed by atoms with Crippen LogP contribution in [0.4, 0.5) is 15.8 Å². The van der Waals surface area contributed by atoms with Crippen molar-refractivity contribution >= 4 is 46.6 Å². The van der Waals surface area contributed by atoms with Gasteiger partial charge in [0.15, 0.2) is 0 Å². The summed E-state index contributed by atoms with van der Waals surface area (Å²) in [5.41, 5.74) is 2.59. The lowest BCUT2D eigenvalue weighted by atomic mass is 10.2. The molecule has 0 aliphatic rings. The highest BCUT2D eigenvalue weighted by Gasteiger charge is 2.19. The Hall–Kier alpha value is -2.83. The second-order valence-electron chi connectivity index (χ2n) is 6.95. The number of amides is 2. The van der Waals surface area contributed by atoms with E-state index in [0.29, 0.717) is 28.4 Å². The molecule has 31 heavy (non-hydrogen) atoms. The fourth-order valence-electron chi connectivity index (χ4n) is 2.88. The maximum atomic E-state index is 13.1. The van der Waals surface area contributed by atoms with Crippen molar-refractivity contribution in [3.05, 3.63) is 88.7 Å². The molecule has 7 heteroatoms. The third-order valence-electron chi connectivity index (χ3n) is 4.60. The van der Waals surface area contributed by atoms with Crippen LogP contribution in [0.5, 0.6) is 0 Å². The van der Waals surface area contributed by atoms with Gasteiger partial charge in [0, 0.05) is 26.9 Å². The standard InChI is InChI=1S/C24H22ClFN2O2S/c1-3-22(24(30)28-21-13-17(25)10-7-15(21)2)31-20-6-4-5-19(14-20)27-23(29)16-8-11-18(26)12-9-16/h4-14,22H,3H2,1-2H3,(H,27,29)(H,28,30). The van der Waals surface area contributed by atoms with Crippen molar-refractivity contribution in [2.24, 2.45) is 0 Å². The van der Waals surface area contributed by atoms with Crippen LogP contribution in [0.2, 0.25) is 5.02 Å². The minimum absolute atomic E-state index is 0.112. The van der Waals surface area contributed by atoms with Gasteiger partial charge in [0.2, 0.25) is 5.91 Å². The van der Waals surface area contributed by atoms with Gasteiger partial charge in [0.05, 0.1) is 5.25 Å². The van der Waals surface area contributed by atoms with E-state index in [4.69, 9.17) is 11.6 Å². The number of benzene rings is 3. The Morgan fingerprint density at radius 1 is 1.03 bits per heavy atom. The van der Waals surface area contributed by atoms with Crippen LogP contribution in [-0.4, -0.2) is 17.1 Å². The van der Waals surface area contributed by atoms with Crippen molar-refractivity contribution in [1.29, 1.82) is 0 Å². The first-order valence-corrected chi connectivity index (χ1v) is 11.0. The van der Waals surface area contributed by atoms with Crippen molar-refractivity contribution in [3.63, 3.8) is 0 Å². The SMILES string of the molecule is CCC(Sc1cccc(NC(=O)c2ccc(F)cc2)c1)C(=O)Nc1cc(Cl)ccc1C. The highest BCUT2D eigenvalue weighted by Crippen LogP contribution is 2.29. The summed E-state index contributed by atoms with van der Waals surface area (Å²) in [7, 11) is 0. The van der Waals surface area contributed by atoms with Crippen molar-refractivity contribution in [3.8, 4) is 0 Å². The highest BCUT2D eigenvalue weighted by molar-refractivity contribution is 8.00. The maximum absolute atomic E-state index is 13.1. The van der Waals surface area contributed by atoms with Crippen molar-refractivity contribution in [2.45, 2.75) is 30.4 Å². The Morgan fingerprint density at radius 2 is 1.77 bits per heavy atom. The van der Waals surface area contributed by atoms with E-state index in [9.17, 15) is 14.0 Å². The van der Waals surface area contributed by atoms with Gasteiger partial charge >= 0.3 is 0 Å². The number of hydrogen-bond acceptors (Lipinski definition) is 3. The number of aryl methyl sites for hydroxylation is 1. The lowest BCUT2D eigenvalue weighted by Crippen LogP contribution is -2.25. The Morgan fingerprint density at radius 3 is 2.48 bits per heavy atom. The number of carbonyl (C=O) groups excluding carboxylic acids is 2. The van der Waals surface area contributed by atoms with Crippen molar-refractivity contribution in [1.82, 2.24) is 0 Å². The summed E-state index contributed by atoms with van der Waals surface area (Å²) in [6.45, 7) is 3.86. The molecule has 0 aromatic heterocycles. The second-order valence-corrected chi connectivity index (χ2v) is 8.66. The molecular formula is C24H22ClFN2O2S. The molecule has 2 N–H and O–H groups in total. The van der Waals surface area contributed by atoms with Gasteiger partial charge in [0.25, 0.3) is 5.91 Å². The van der Waals surface area contributed by atoms with Gasteiger partial charge in [-0.1, -0.05) is 30.7 Å². The molecule has 2 amide bonds. The van der Waals surface area contributed by atoms with Gasteiger partial charge in [-0.2, -0.15) is 0 Å². The third kappa shape index (κ3) is 6.32. The van der Waals surface area contributed by atoms with Gasteiger partial charge in [-0.15, -0.1) is 11.8 Å². The largest absolute Gasteiger partial charge is 0.325 e. The highest BCUT2D eigenvalue weighted by atomic mass is 35.5. The van der Waals surface area contributed by atoms with E-state index in [1.807, 2.05) is 38.1 Å². The lowest BCUT2D eigenvalue weighted by molar-refractivity contribution is -0.115. The molecule has 0 saturated carbocycles. The van der Waals surface area contributed by atoms with Crippen LogP contribution in [0.25, 0.3) is 0 Å². The van der Waals surface area contributed by atoms with Crippen molar-refractivity contribution < 1.29 is 14.0 Å². The van der Waals surface area contributed by atoms with Crippen LogP contribution >= 0.6 is 23.4 Å². The summed E-state index contributed by atoms with van der Waals surface area (Å²) in [5.74, 6) is -0.839. The Kier molecular flexibility index (Phi) is 7.71. The molecule has 3 aromatic rings. The predicted octanol–water partition coefficient (Wildman–Crippen LogP) is 6.55. The first-order chi connectivity index (χ1) is 14.9. The van der Waals surface area contributed by atoms with E-state index in [1.54, 1.807) is 18.2 Å². The van der Waals surface area contributed by atoms with E-state index < -0.39 is 5.82 Å². The first kappa shape index (κ1) is 22.8. The number of halogens is 2. The Labute approximate surface area is 190 Å². The number of hydrogen-bond donors (Lipinski definition) is 2. The number of carbonyl (C=O) groups is 2. The van der Waals surface area contributed by atoms with E-state index >= 15 is 0 Å². The number of rotatable bonds is 7. The van der Waals surface area contributed by atoms with Gasteiger partial charge in [-0.3, -0.25) is 9.59 Å². The van der Waals surface area contributed by atoms with Crippen LogP contribution in [0.3, 0.4) is 0 Å². The predicted molar refractivity (Wildman–Crippen MR) is 126 cm³/mol. The zero-order valence-corrected chi connectivity index (χ0v) is 18.7. The summed E-state index contributed by atoms with van der Waals surface area (Å²) in [4.78, 5) is 26.0. The van der Waals surface area contributed by atoms with Gasteiger partial charge < -0.3 is 10.6 Å². The normalized spacial score (nSPS) is 11.6. The van der Waals surface area contributed by atoms with Crippen LogP contribution < -0.4 is 10.6 Å². The molecular weight excluding hydrogens is 435 g/mol. The molecule has 160 valence electrons. The topological polar surface area (TPSA) is 58.2 Å². The molecule has 1 atom stereocenters. The van der Waals surface area contributed by atoms with Crippen LogP contribution in [0, 0.1) is 12.7 Å². The molecule has 3 aromatic carbocycles. The molecule has 0 radical (unpaired) electrons. The van der Waals surface area contributed by atoms with Gasteiger partial charge in [-0.05, 0) is 73.5 Å². The molecule has 0 spiro atoms. The molecule has 4 nitrogen and oxygen atoms in total. The van der Waals surface area contributed by atoms with E-state index in [1.165, 1.54) is 36.0 Å². The van der Waals surface area contributed by atoms with Crippen LogP contribution in [0.15, 0.2) is 71.6 Å². The molecule has 1 unspecified atom stereocenters. The zero-order valence-electron chi connectivity index (χ0n) is 17.1. The first-order valence-electron chi connectivity index (χ1n) is 9.76. The van der Waals surface area contributed by atoms with Gasteiger partial charge in [-0.25, -0.2) is 4.39 Å². The minimum Gasteiger partial charge on any atom is -0.325 e. The maximum Gasteiger partial charge on any atom is 0.255 e. The smallest absolute Gasteiger partial charge is 0.255 e. The third-order valence-corrected chi connectivity index (χ3v) is 6.19. The second kappa shape index (κ2) is 10.5. The molecule has 0 aliphatic heterocycles. The summed E-state index contributed by atoms with van der Waals surface area (Å²) < 4.78 is 13.1. The molecule has 0 bridgehead atoms. The minimum atomic E-state index is -0.396. The molecule has 0 aliphatic carbocycles. The summed E-state index contributed by atoms with van der Waals surface area (Å²) in [6, 6.07) is 18.0. The van der Waals surface area contributed by atoms with Crippen molar-refractivity contribution in [2.75, 3.05) is 10.6 Å². The van der Waals surface area contributed by atoms with E-state index in [0.717, 1.165) is 10.5 Å².